The summed E-state index contributed by atoms with van der Waals surface area (Å²) in [5.41, 5.74) is 8.19. The molecule has 0 atom stereocenters. The largest absolute Gasteiger partial charge is 0.493 e. The Kier molecular flexibility index (Phi) is 4.12. The first kappa shape index (κ1) is 16.6. The summed E-state index contributed by atoms with van der Waals surface area (Å²) in [6.07, 6.45) is 3.94. The van der Waals surface area contributed by atoms with Gasteiger partial charge in [0.1, 0.15) is 5.69 Å². The number of nitrogens with two attached hydrogens (primary N) is 1. The average Bonchev–Trinajstić information content (AvgIpc) is 3.41. The van der Waals surface area contributed by atoms with Gasteiger partial charge in [0.05, 0.1) is 25.5 Å². The second-order valence-electron chi connectivity index (χ2n) is 6.52. The predicted molar refractivity (Wildman–Crippen MR) is 94.8 cm³/mol. The predicted octanol–water partition coefficient (Wildman–Crippen LogP) is 2.87. The molecule has 1 aromatic carbocycles. The molecule has 1 aliphatic rings. The maximum Gasteiger partial charge on any atom is 0.276 e. The number of aromatic nitrogens is 4. The number of hydrogen-bond donors (Lipinski definition) is 2. The highest BCUT2D eigenvalue weighted by Crippen LogP contribution is 2.36. The highest BCUT2D eigenvalue weighted by molar-refractivity contribution is 5.67. The van der Waals surface area contributed by atoms with E-state index in [1.54, 1.807) is 14.2 Å². The summed E-state index contributed by atoms with van der Waals surface area (Å²) in [5.74, 6) is 2.25. The van der Waals surface area contributed by atoms with Gasteiger partial charge in [0.25, 0.3) is 5.89 Å². The highest BCUT2D eigenvalue weighted by Gasteiger charge is 2.36. The van der Waals surface area contributed by atoms with E-state index in [0.717, 1.165) is 36.9 Å². The zero-order valence-corrected chi connectivity index (χ0v) is 14.8. The summed E-state index contributed by atoms with van der Waals surface area (Å²) in [6.45, 7) is 0. The van der Waals surface area contributed by atoms with Gasteiger partial charge < -0.3 is 19.7 Å². The molecule has 1 fully saturated rings. The third-order valence-electron chi connectivity index (χ3n) is 4.85. The minimum atomic E-state index is -0.478. The van der Waals surface area contributed by atoms with Gasteiger partial charge in [0, 0.05) is 5.56 Å². The SMILES string of the molecule is COc1ccc(-c2cc(-c3nc(C4(N)CCCC4)no3)[nH]n2)cc1OC. The molecule has 0 radical (unpaired) electrons. The van der Waals surface area contributed by atoms with Crippen molar-refractivity contribution in [3.05, 3.63) is 30.1 Å². The lowest BCUT2D eigenvalue weighted by Gasteiger charge is -2.17. The van der Waals surface area contributed by atoms with Gasteiger partial charge in [-0.2, -0.15) is 10.1 Å². The number of hydrogen-bond acceptors (Lipinski definition) is 7. The lowest BCUT2D eigenvalue weighted by molar-refractivity contribution is 0.355. The fourth-order valence-corrected chi connectivity index (χ4v) is 3.34. The van der Waals surface area contributed by atoms with Crippen LogP contribution in [0.2, 0.25) is 0 Å². The van der Waals surface area contributed by atoms with Crippen LogP contribution < -0.4 is 15.2 Å². The molecule has 0 aliphatic heterocycles. The monoisotopic (exact) mass is 355 g/mol. The fourth-order valence-electron chi connectivity index (χ4n) is 3.34. The minimum absolute atomic E-state index is 0.385. The first-order valence-electron chi connectivity index (χ1n) is 8.54. The molecule has 0 unspecified atom stereocenters. The molecule has 0 spiro atoms. The Hall–Kier alpha value is -2.87. The maximum absolute atomic E-state index is 6.39. The van der Waals surface area contributed by atoms with Crippen molar-refractivity contribution in [3.63, 3.8) is 0 Å². The summed E-state index contributed by atoms with van der Waals surface area (Å²) in [4.78, 5) is 4.48. The van der Waals surface area contributed by atoms with E-state index in [-0.39, 0.29) is 0 Å². The zero-order valence-electron chi connectivity index (χ0n) is 14.8. The second kappa shape index (κ2) is 6.45. The van der Waals surface area contributed by atoms with Gasteiger partial charge in [-0.05, 0) is 37.1 Å². The Bertz CT molecular complexity index is 911. The molecule has 0 bridgehead atoms. The van der Waals surface area contributed by atoms with Crippen molar-refractivity contribution in [1.82, 2.24) is 20.3 Å². The Morgan fingerprint density at radius 3 is 2.62 bits per heavy atom. The quantitative estimate of drug-likeness (QED) is 0.723. The number of ether oxygens (including phenoxy) is 2. The normalized spacial score (nSPS) is 16.0. The minimum Gasteiger partial charge on any atom is -0.493 e. The van der Waals surface area contributed by atoms with E-state index in [1.807, 2.05) is 24.3 Å². The van der Waals surface area contributed by atoms with Crippen molar-refractivity contribution in [2.75, 3.05) is 14.2 Å². The Balaban J connectivity index is 1.62. The molecule has 8 heteroatoms. The second-order valence-corrected chi connectivity index (χ2v) is 6.52. The Morgan fingerprint density at radius 1 is 1.12 bits per heavy atom. The van der Waals surface area contributed by atoms with Crippen LogP contribution in [-0.2, 0) is 5.54 Å². The van der Waals surface area contributed by atoms with Gasteiger partial charge in [-0.25, -0.2) is 0 Å². The van der Waals surface area contributed by atoms with E-state index < -0.39 is 5.54 Å². The third-order valence-corrected chi connectivity index (χ3v) is 4.85. The Morgan fingerprint density at radius 2 is 1.88 bits per heavy atom. The molecule has 1 aliphatic carbocycles. The molecule has 4 rings (SSSR count). The lowest BCUT2D eigenvalue weighted by Crippen LogP contribution is -2.34. The molecule has 3 N–H and O–H groups in total. The van der Waals surface area contributed by atoms with Gasteiger partial charge in [-0.3, -0.25) is 5.10 Å². The van der Waals surface area contributed by atoms with Crippen molar-refractivity contribution < 1.29 is 14.0 Å². The molecule has 2 heterocycles. The summed E-state index contributed by atoms with van der Waals surface area (Å²) < 4.78 is 16.0. The zero-order chi connectivity index (χ0) is 18.1. The number of nitrogens with one attached hydrogen (secondary N) is 1. The van der Waals surface area contributed by atoms with E-state index in [9.17, 15) is 0 Å². The number of benzene rings is 1. The number of H-pyrrole nitrogens is 1. The van der Waals surface area contributed by atoms with Crippen molar-refractivity contribution in [2.45, 2.75) is 31.2 Å². The smallest absolute Gasteiger partial charge is 0.276 e. The van der Waals surface area contributed by atoms with Crippen LogP contribution >= 0.6 is 0 Å². The lowest BCUT2D eigenvalue weighted by atomic mass is 9.99. The molecule has 0 amide bonds. The van der Waals surface area contributed by atoms with E-state index in [4.69, 9.17) is 19.7 Å². The average molecular weight is 355 g/mol. The van der Waals surface area contributed by atoms with Crippen molar-refractivity contribution in [2.24, 2.45) is 5.73 Å². The van der Waals surface area contributed by atoms with E-state index >= 15 is 0 Å². The number of methoxy groups -OCH3 is 2. The summed E-state index contributed by atoms with van der Waals surface area (Å²) in [7, 11) is 3.20. The highest BCUT2D eigenvalue weighted by atomic mass is 16.5. The maximum atomic E-state index is 6.39. The Labute approximate surface area is 150 Å². The van der Waals surface area contributed by atoms with Gasteiger partial charge in [-0.15, -0.1) is 0 Å². The van der Waals surface area contributed by atoms with E-state index in [2.05, 4.69) is 20.3 Å². The van der Waals surface area contributed by atoms with Crippen LogP contribution in [0, 0.1) is 0 Å². The van der Waals surface area contributed by atoms with E-state index in [1.165, 1.54) is 0 Å². The van der Waals surface area contributed by atoms with Gasteiger partial charge >= 0.3 is 0 Å². The van der Waals surface area contributed by atoms with E-state index in [0.29, 0.717) is 28.9 Å². The summed E-state index contributed by atoms with van der Waals surface area (Å²) >= 11 is 0. The third kappa shape index (κ3) is 2.82. The van der Waals surface area contributed by atoms with Crippen LogP contribution in [0.1, 0.15) is 31.5 Å². The van der Waals surface area contributed by atoms with Crippen molar-refractivity contribution in [1.29, 1.82) is 0 Å². The summed E-state index contributed by atoms with van der Waals surface area (Å²) in [5, 5.41) is 11.4. The molecule has 8 nitrogen and oxygen atoms in total. The van der Waals surface area contributed by atoms with Crippen LogP contribution in [0.3, 0.4) is 0 Å². The molecular weight excluding hydrogens is 334 g/mol. The molecule has 3 aromatic rings. The van der Waals surface area contributed by atoms with Crippen LogP contribution in [0.15, 0.2) is 28.8 Å². The van der Waals surface area contributed by atoms with Gasteiger partial charge in [0.15, 0.2) is 17.3 Å². The molecule has 2 aromatic heterocycles. The number of rotatable bonds is 5. The fraction of sp³-hybridized carbons (Fsp3) is 0.389. The molecule has 26 heavy (non-hydrogen) atoms. The first-order chi connectivity index (χ1) is 12.6. The van der Waals surface area contributed by atoms with Crippen LogP contribution in [0.5, 0.6) is 11.5 Å². The van der Waals surface area contributed by atoms with Crippen LogP contribution in [-0.4, -0.2) is 34.6 Å². The number of aromatic amines is 1. The first-order valence-corrected chi connectivity index (χ1v) is 8.54. The standard InChI is InChI=1S/C18H21N5O3/c1-24-14-6-5-11(9-15(14)25-2)12-10-13(22-21-12)16-20-17(23-26-16)18(19)7-3-4-8-18/h5-6,9-10H,3-4,7-8,19H2,1-2H3,(H,21,22). The topological polar surface area (TPSA) is 112 Å². The van der Waals surface area contributed by atoms with Gasteiger partial charge in [0.2, 0.25) is 0 Å². The molecule has 1 saturated carbocycles. The van der Waals surface area contributed by atoms with Crippen molar-refractivity contribution in [3.8, 4) is 34.3 Å². The molecule has 136 valence electrons. The molecule has 0 saturated heterocycles. The van der Waals surface area contributed by atoms with Crippen LogP contribution in [0.4, 0.5) is 0 Å². The number of nitrogens with zero attached hydrogens (tertiary/aromatic N) is 3. The molecular formula is C18H21N5O3. The van der Waals surface area contributed by atoms with Crippen LogP contribution in [0.25, 0.3) is 22.8 Å². The van der Waals surface area contributed by atoms with Gasteiger partial charge in [-0.1, -0.05) is 18.0 Å². The van der Waals surface area contributed by atoms with Crippen molar-refractivity contribution >= 4 is 0 Å². The summed E-state index contributed by atoms with van der Waals surface area (Å²) in [6, 6.07) is 7.47.